The van der Waals surface area contributed by atoms with Crippen LogP contribution in [-0.4, -0.2) is 38.4 Å². The van der Waals surface area contributed by atoms with Crippen molar-refractivity contribution in [2.24, 2.45) is 0 Å². The molecule has 0 heterocycles. The first kappa shape index (κ1) is 12.7. The molecule has 0 bridgehead atoms. The maximum Gasteiger partial charge on any atom is 0.348 e. The molecule has 7 heteroatoms. The summed E-state index contributed by atoms with van der Waals surface area (Å²) in [7, 11) is -4.39. The van der Waals surface area contributed by atoms with Crippen LogP contribution in [0.3, 0.4) is 0 Å². The van der Waals surface area contributed by atoms with Crippen LogP contribution in [0.2, 0.25) is 0 Å². The van der Waals surface area contributed by atoms with Gasteiger partial charge >= 0.3 is 7.60 Å². The lowest BCUT2D eigenvalue weighted by atomic mass is 10.0. The van der Waals surface area contributed by atoms with E-state index in [9.17, 15) is 8.96 Å². The molecule has 0 aromatic carbocycles. The molecule has 0 amide bonds. The molecule has 0 rings (SSSR count). The fourth-order valence-electron chi connectivity index (χ4n) is 0.488. The number of alkyl halides is 1. The zero-order chi connectivity index (χ0) is 10.7. The van der Waals surface area contributed by atoms with Crippen molar-refractivity contribution < 1.29 is 29.0 Å². The Morgan fingerprint density at radius 3 is 2.38 bits per heavy atom. The molecule has 0 aliphatic rings. The Balaban J connectivity index is 4.40. The summed E-state index contributed by atoms with van der Waals surface area (Å²) in [5.41, 5.74) is -2.30. The smallest absolute Gasteiger partial charge is 0.348 e. The van der Waals surface area contributed by atoms with Crippen molar-refractivity contribution in [1.29, 1.82) is 0 Å². The van der Waals surface area contributed by atoms with Gasteiger partial charge in [-0.25, -0.2) is 4.39 Å². The molecule has 0 spiro atoms. The second kappa shape index (κ2) is 4.30. The number of hydrogen-bond donors (Lipinski definition) is 4. The Morgan fingerprint density at radius 1 is 1.62 bits per heavy atom. The lowest BCUT2D eigenvalue weighted by Gasteiger charge is -2.21. The lowest BCUT2D eigenvalue weighted by molar-refractivity contribution is -0.00790. The Labute approximate surface area is 74.7 Å². The molecule has 0 unspecified atom stereocenters. The molecule has 5 nitrogen and oxygen atoms in total. The fourth-order valence-corrected chi connectivity index (χ4v) is 0.875. The largest absolute Gasteiger partial charge is 0.393 e. The molecule has 0 radical (unpaired) electrons. The number of aliphatic hydroxyl groups excluding tert-OH is 2. The van der Waals surface area contributed by atoms with Crippen molar-refractivity contribution in [3.05, 3.63) is 11.9 Å². The van der Waals surface area contributed by atoms with Gasteiger partial charge in [-0.2, -0.15) is 0 Å². The minimum absolute atomic E-state index is 0.394. The third-order valence-corrected chi connectivity index (χ3v) is 1.95. The Kier molecular flexibility index (Phi) is 4.22. The maximum atomic E-state index is 13.0. The van der Waals surface area contributed by atoms with Crippen molar-refractivity contribution in [1.82, 2.24) is 0 Å². The van der Waals surface area contributed by atoms with Gasteiger partial charge < -0.3 is 20.0 Å². The summed E-state index contributed by atoms with van der Waals surface area (Å²) in [4.78, 5) is 16.7. The first-order chi connectivity index (χ1) is 5.69. The van der Waals surface area contributed by atoms with Gasteiger partial charge in [0.05, 0.1) is 6.61 Å². The van der Waals surface area contributed by atoms with Crippen molar-refractivity contribution in [3.8, 4) is 0 Å². The van der Waals surface area contributed by atoms with E-state index in [0.717, 1.165) is 6.92 Å². The van der Waals surface area contributed by atoms with E-state index in [1.54, 1.807) is 0 Å². The highest BCUT2D eigenvalue weighted by atomic mass is 31.2. The van der Waals surface area contributed by atoms with Crippen LogP contribution in [0.5, 0.6) is 0 Å². The first-order valence-corrected chi connectivity index (χ1v) is 5.09. The highest BCUT2D eigenvalue weighted by Gasteiger charge is 2.30. The summed E-state index contributed by atoms with van der Waals surface area (Å²) < 4.78 is 23.2. The molecule has 0 saturated heterocycles. The minimum atomic E-state index is -4.39. The average Bonchev–Trinajstić information content (AvgIpc) is 1.98. The van der Waals surface area contributed by atoms with Crippen LogP contribution >= 0.6 is 7.60 Å². The van der Waals surface area contributed by atoms with E-state index in [0.29, 0.717) is 11.9 Å². The molecule has 0 aliphatic heterocycles. The van der Waals surface area contributed by atoms with Crippen molar-refractivity contribution in [2.45, 2.75) is 18.7 Å². The van der Waals surface area contributed by atoms with Gasteiger partial charge in [0.15, 0.2) is 5.67 Å². The number of hydrogen-bond acceptors (Lipinski definition) is 3. The lowest BCUT2D eigenvalue weighted by Crippen LogP contribution is -2.36. The Morgan fingerprint density at radius 2 is 2.08 bits per heavy atom. The van der Waals surface area contributed by atoms with Crippen LogP contribution in [0.25, 0.3) is 0 Å². The van der Waals surface area contributed by atoms with E-state index < -0.39 is 26.0 Å². The molecule has 0 aliphatic carbocycles. The van der Waals surface area contributed by atoms with Crippen LogP contribution in [0.1, 0.15) is 6.92 Å². The summed E-state index contributed by atoms with van der Waals surface area (Å²) >= 11 is 0. The molecule has 0 aromatic rings. The van der Waals surface area contributed by atoms with E-state index in [2.05, 4.69) is 0 Å². The highest BCUT2D eigenvalue weighted by Crippen LogP contribution is 2.36. The Bertz CT molecular complexity index is 233. The maximum absolute atomic E-state index is 13.0. The van der Waals surface area contributed by atoms with E-state index in [4.69, 9.17) is 20.0 Å². The molecular weight excluding hydrogens is 202 g/mol. The number of rotatable bonds is 4. The SMILES string of the molecule is C[C@](F)(CO)[C@H](O)C=CP(=O)(O)O. The van der Waals surface area contributed by atoms with Gasteiger partial charge in [-0.15, -0.1) is 0 Å². The van der Waals surface area contributed by atoms with Crippen molar-refractivity contribution in [3.63, 3.8) is 0 Å². The van der Waals surface area contributed by atoms with Crippen LogP contribution in [-0.2, 0) is 4.57 Å². The second-order valence-electron chi connectivity index (χ2n) is 2.81. The normalized spacial score (nSPS) is 20.2. The first-order valence-electron chi connectivity index (χ1n) is 3.41. The van der Waals surface area contributed by atoms with Crippen LogP contribution in [0, 0.1) is 0 Å². The molecule has 0 fully saturated rings. The molecular formula is C6H12FO5P. The van der Waals surface area contributed by atoms with Crippen LogP contribution in [0.4, 0.5) is 4.39 Å². The third kappa shape index (κ3) is 5.13. The molecule has 13 heavy (non-hydrogen) atoms. The van der Waals surface area contributed by atoms with Gasteiger partial charge in [-0.3, -0.25) is 4.57 Å². The third-order valence-electron chi connectivity index (χ3n) is 1.39. The number of halogens is 1. The van der Waals surface area contributed by atoms with Crippen LogP contribution < -0.4 is 0 Å². The highest BCUT2D eigenvalue weighted by molar-refractivity contribution is 7.55. The topological polar surface area (TPSA) is 98.0 Å². The van der Waals surface area contributed by atoms with Gasteiger partial charge in [0.25, 0.3) is 0 Å². The van der Waals surface area contributed by atoms with Crippen LogP contribution in [0.15, 0.2) is 11.9 Å². The summed E-state index contributed by atoms with van der Waals surface area (Å²) in [6.45, 7) is -0.0126. The van der Waals surface area contributed by atoms with E-state index in [-0.39, 0.29) is 0 Å². The molecule has 78 valence electrons. The molecule has 2 atom stereocenters. The summed E-state index contributed by atoms with van der Waals surface area (Å²) in [6, 6.07) is 0. The molecule has 0 saturated carbocycles. The van der Waals surface area contributed by atoms with Crippen molar-refractivity contribution >= 4 is 7.60 Å². The van der Waals surface area contributed by atoms with Crippen molar-refractivity contribution in [2.75, 3.05) is 6.61 Å². The van der Waals surface area contributed by atoms with E-state index in [1.165, 1.54) is 0 Å². The summed E-state index contributed by atoms with van der Waals surface area (Å²) in [6.07, 6.45) is -1.12. The van der Waals surface area contributed by atoms with Gasteiger partial charge in [0.2, 0.25) is 0 Å². The second-order valence-corrected chi connectivity index (χ2v) is 4.29. The van der Waals surface area contributed by atoms with Gasteiger partial charge in [0, 0.05) is 5.82 Å². The minimum Gasteiger partial charge on any atom is -0.393 e. The predicted octanol–water partition coefficient (Wildman–Crippen LogP) is -0.241. The zero-order valence-corrected chi connectivity index (χ0v) is 7.86. The zero-order valence-electron chi connectivity index (χ0n) is 6.96. The monoisotopic (exact) mass is 214 g/mol. The molecule has 4 N–H and O–H groups in total. The van der Waals surface area contributed by atoms with E-state index in [1.807, 2.05) is 0 Å². The Hall–Kier alpha value is -0.260. The fraction of sp³-hybridized carbons (Fsp3) is 0.667. The summed E-state index contributed by atoms with van der Waals surface area (Å²) in [5.74, 6) is 0.394. The molecule has 0 aromatic heterocycles. The quantitative estimate of drug-likeness (QED) is 0.484. The average molecular weight is 214 g/mol. The van der Waals surface area contributed by atoms with E-state index >= 15 is 0 Å². The van der Waals surface area contributed by atoms with Gasteiger partial charge in [-0.1, -0.05) is 0 Å². The van der Waals surface area contributed by atoms with Gasteiger partial charge in [0.1, 0.15) is 6.10 Å². The summed E-state index contributed by atoms with van der Waals surface area (Å²) in [5, 5.41) is 17.4. The predicted molar refractivity (Wildman–Crippen MR) is 43.8 cm³/mol. The number of aliphatic hydroxyl groups is 2. The van der Waals surface area contributed by atoms with Gasteiger partial charge in [-0.05, 0) is 13.0 Å². The standard InChI is InChI=1S/C6H12FO5P/c1-6(7,4-8)5(9)2-3-13(10,11)12/h2-3,5,8-9H,4H2,1H3,(H2,10,11,12)/t5-,6+/m1/s1.